The van der Waals surface area contributed by atoms with E-state index >= 15 is 0 Å². The van der Waals surface area contributed by atoms with Gasteiger partial charge in [0.15, 0.2) is 9.84 Å². The first kappa shape index (κ1) is 10.3. The second-order valence-corrected chi connectivity index (χ2v) is 7.10. The first-order valence-electron chi connectivity index (χ1n) is 5.44. The zero-order chi connectivity index (χ0) is 11.4. The van der Waals surface area contributed by atoms with Gasteiger partial charge in [0.25, 0.3) is 0 Å². The molecule has 1 aliphatic carbocycles. The molecule has 2 saturated heterocycles. The van der Waals surface area contributed by atoms with E-state index in [1.54, 1.807) is 10.9 Å². The molecule has 4 rings (SSSR count). The zero-order valence-corrected chi connectivity index (χ0v) is 10.00. The van der Waals surface area contributed by atoms with Gasteiger partial charge in [-0.1, -0.05) is 0 Å². The molecule has 2 bridgehead atoms. The third kappa shape index (κ3) is 1.56. The van der Waals surface area contributed by atoms with Gasteiger partial charge < -0.3 is 5.32 Å². The first-order chi connectivity index (χ1) is 7.47. The molecule has 1 aromatic heterocycles. The van der Waals surface area contributed by atoms with Gasteiger partial charge in [0, 0.05) is 18.0 Å². The number of hydrogen-bond acceptors (Lipinski definition) is 4. The summed E-state index contributed by atoms with van der Waals surface area (Å²) in [5.74, 6) is 0.824. The minimum atomic E-state index is -3.13. The Labute approximate surface area is 94.8 Å². The molecule has 0 unspecified atom stereocenters. The molecule has 1 saturated carbocycles. The molecule has 0 radical (unpaired) electrons. The van der Waals surface area contributed by atoms with E-state index in [1.165, 1.54) is 25.3 Å². The molecule has 6 heteroatoms. The molecule has 0 amide bonds. The summed E-state index contributed by atoms with van der Waals surface area (Å²) in [6.07, 6.45) is 6.65. The maximum absolute atomic E-state index is 11.3. The van der Waals surface area contributed by atoms with Gasteiger partial charge >= 0.3 is 0 Å². The van der Waals surface area contributed by atoms with Crippen molar-refractivity contribution in [1.82, 2.24) is 15.1 Å². The van der Waals surface area contributed by atoms with Crippen LogP contribution in [-0.2, 0) is 16.4 Å². The summed E-state index contributed by atoms with van der Waals surface area (Å²) in [6, 6.07) is 0. The highest BCUT2D eigenvalue weighted by Gasteiger charge is 2.50. The largest absolute Gasteiger partial charge is 0.309 e. The lowest BCUT2D eigenvalue weighted by Gasteiger charge is -2.37. The van der Waals surface area contributed by atoms with Crippen LogP contribution in [0.2, 0.25) is 0 Å². The number of nitrogens with one attached hydrogen (secondary N) is 1. The van der Waals surface area contributed by atoms with Gasteiger partial charge in [0.1, 0.15) is 4.90 Å². The lowest BCUT2D eigenvalue weighted by molar-refractivity contribution is 0.189. The Morgan fingerprint density at radius 2 is 2.38 bits per heavy atom. The summed E-state index contributed by atoms with van der Waals surface area (Å²) in [6.45, 7) is 1.87. The van der Waals surface area contributed by atoms with E-state index < -0.39 is 9.84 Å². The van der Waals surface area contributed by atoms with Crippen molar-refractivity contribution >= 4 is 9.84 Å². The smallest absolute Gasteiger partial charge is 0.178 e. The summed E-state index contributed by atoms with van der Waals surface area (Å²) < 4.78 is 24.3. The number of hydrogen-bond donors (Lipinski definition) is 1. The Morgan fingerprint density at radius 1 is 1.62 bits per heavy atom. The third-order valence-corrected chi connectivity index (χ3v) is 4.69. The van der Waals surface area contributed by atoms with Gasteiger partial charge in [-0.2, -0.15) is 5.10 Å². The summed E-state index contributed by atoms with van der Waals surface area (Å²) in [4.78, 5) is 0.303. The quantitative estimate of drug-likeness (QED) is 0.811. The highest BCUT2D eigenvalue weighted by atomic mass is 32.2. The average Bonchev–Trinajstić information content (AvgIpc) is 2.75. The molecule has 3 fully saturated rings. The number of nitrogens with zero attached hydrogens (tertiary/aromatic N) is 2. The third-order valence-electron chi connectivity index (χ3n) is 3.63. The van der Waals surface area contributed by atoms with Gasteiger partial charge in [-0.05, 0) is 25.3 Å². The predicted octanol–water partition coefficient (Wildman–Crippen LogP) is 0.0386. The second-order valence-electron chi connectivity index (χ2n) is 5.08. The van der Waals surface area contributed by atoms with E-state index in [2.05, 4.69) is 10.4 Å². The molecule has 88 valence electrons. The van der Waals surface area contributed by atoms with E-state index in [1.807, 2.05) is 0 Å². The minimum absolute atomic E-state index is 0.186. The number of sulfone groups is 1. The highest BCUT2D eigenvalue weighted by molar-refractivity contribution is 7.90. The van der Waals surface area contributed by atoms with E-state index in [0.717, 1.165) is 19.0 Å². The van der Waals surface area contributed by atoms with Crippen molar-refractivity contribution in [2.75, 3.05) is 12.8 Å². The normalized spacial score (nSPS) is 32.7. The van der Waals surface area contributed by atoms with Crippen molar-refractivity contribution in [2.45, 2.75) is 29.8 Å². The molecule has 16 heavy (non-hydrogen) atoms. The lowest BCUT2D eigenvalue weighted by atomic mass is 9.74. The fourth-order valence-corrected chi connectivity index (χ4v) is 3.36. The fourth-order valence-electron chi connectivity index (χ4n) is 2.81. The number of aromatic nitrogens is 2. The molecule has 1 aromatic rings. The Hall–Kier alpha value is -0.880. The molecule has 1 N–H and O–H groups in total. The minimum Gasteiger partial charge on any atom is -0.309 e. The second kappa shape index (κ2) is 3.07. The Balaban J connectivity index is 1.79. The van der Waals surface area contributed by atoms with Crippen LogP contribution in [0.1, 0.15) is 12.8 Å². The summed E-state index contributed by atoms with van der Waals surface area (Å²) in [5.41, 5.74) is 0.186. The summed E-state index contributed by atoms with van der Waals surface area (Å²) in [7, 11) is -3.13. The number of fused-ring (bicyclic) bond motifs is 1. The van der Waals surface area contributed by atoms with E-state index in [0.29, 0.717) is 4.90 Å². The SMILES string of the molecule is CS(=O)(=O)c1cnn(CC23CC(CN2)C3)c1. The van der Waals surface area contributed by atoms with Gasteiger partial charge in [0.05, 0.1) is 12.7 Å². The highest BCUT2D eigenvalue weighted by Crippen LogP contribution is 2.44. The van der Waals surface area contributed by atoms with Crippen LogP contribution in [0, 0.1) is 5.92 Å². The number of rotatable bonds is 3. The van der Waals surface area contributed by atoms with Crippen molar-refractivity contribution in [1.29, 1.82) is 0 Å². The molecule has 5 nitrogen and oxygen atoms in total. The van der Waals surface area contributed by atoms with Crippen LogP contribution in [0.5, 0.6) is 0 Å². The molecule has 0 atom stereocenters. The Kier molecular flexibility index (Phi) is 1.98. The van der Waals surface area contributed by atoms with Gasteiger partial charge in [-0.3, -0.25) is 4.68 Å². The zero-order valence-electron chi connectivity index (χ0n) is 9.18. The molecule has 0 spiro atoms. The summed E-state index contributed by atoms with van der Waals surface area (Å²) in [5, 5.41) is 7.61. The molecule has 3 heterocycles. The van der Waals surface area contributed by atoms with Crippen molar-refractivity contribution in [3.8, 4) is 0 Å². The van der Waals surface area contributed by atoms with Crippen LogP contribution in [0.3, 0.4) is 0 Å². The molecular formula is C10H15N3O2S. The van der Waals surface area contributed by atoms with Gasteiger partial charge in [-0.15, -0.1) is 0 Å². The molecular weight excluding hydrogens is 226 g/mol. The van der Waals surface area contributed by atoms with Crippen LogP contribution in [0.25, 0.3) is 0 Å². The predicted molar refractivity (Wildman–Crippen MR) is 58.8 cm³/mol. The van der Waals surface area contributed by atoms with Crippen molar-refractivity contribution < 1.29 is 8.42 Å². The maximum Gasteiger partial charge on any atom is 0.178 e. The van der Waals surface area contributed by atoms with E-state index in [9.17, 15) is 8.42 Å². The van der Waals surface area contributed by atoms with Crippen molar-refractivity contribution in [3.05, 3.63) is 12.4 Å². The molecule has 2 aliphatic heterocycles. The standard InChI is InChI=1S/C10H15N3O2S/c1-16(14,15)9-5-12-13(6-9)7-10-2-8(3-10)4-11-10/h5-6,8,11H,2-4,7H2,1H3. The fraction of sp³-hybridized carbons (Fsp3) is 0.700. The van der Waals surface area contributed by atoms with Gasteiger partial charge in [-0.25, -0.2) is 8.42 Å². The average molecular weight is 241 g/mol. The lowest BCUT2D eigenvalue weighted by Crippen LogP contribution is -2.47. The topological polar surface area (TPSA) is 64.0 Å². The van der Waals surface area contributed by atoms with Crippen LogP contribution in [0.15, 0.2) is 17.3 Å². The molecule has 3 aliphatic rings. The van der Waals surface area contributed by atoms with E-state index in [4.69, 9.17) is 0 Å². The van der Waals surface area contributed by atoms with Gasteiger partial charge in [0.2, 0.25) is 0 Å². The van der Waals surface area contributed by atoms with Crippen molar-refractivity contribution in [3.63, 3.8) is 0 Å². The monoisotopic (exact) mass is 241 g/mol. The first-order valence-corrected chi connectivity index (χ1v) is 7.34. The Morgan fingerprint density at radius 3 is 2.88 bits per heavy atom. The molecule has 0 aromatic carbocycles. The Bertz CT molecular complexity index is 508. The van der Waals surface area contributed by atoms with Crippen LogP contribution in [0.4, 0.5) is 0 Å². The van der Waals surface area contributed by atoms with Crippen LogP contribution < -0.4 is 5.32 Å². The summed E-state index contributed by atoms with van der Waals surface area (Å²) >= 11 is 0. The maximum atomic E-state index is 11.3. The van der Waals surface area contributed by atoms with Crippen LogP contribution in [-0.4, -0.2) is 36.5 Å². The van der Waals surface area contributed by atoms with Crippen molar-refractivity contribution in [2.24, 2.45) is 5.92 Å². The van der Waals surface area contributed by atoms with E-state index in [-0.39, 0.29) is 5.54 Å². The van der Waals surface area contributed by atoms with Crippen LogP contribution >= 0.6 is 0 Å².